The van der Waals surface area contributed by atoms with E-state index in [9.17, 15) is 9.18 Å². The Hall–Kier alpha value is -2.60. The minimum Gasteiger partial charge on any atom is -0.497 e. The summed E-state index contributed by atoms with van der Waals surface area (Å²) in [5, 5.41) is 0.562. The molecule has 4 rings (SSSR count). The summed E-state index contributed by atoms with van der Waals surface area (Å²) >= 11 is 1.32. The van der Waals surface area contributed by atoms with Gasteiger partial charge >= 0.3 is 0 Å². The molecule has 6 heteroatoms. The van der Waals surface area contributed by atoms with Crippen LogP contribution in [0.1, 0.15) is 37.7 Å². The zero-order valence-corrected chi connectivity index (χ0v) is 17.1. The van der Waals surface area contributed by atoms with Crippen LogP contribution in [-0.4, -0.2) is 29.1 Å². The van der Waals surface area contributed by atoms with Crippen LogP contribution in [0, 0.1) is 5.82 Å². The third-order valence-corrected chi connectivity index (χ3v) is 6.24. The lowest BCUT2D eigenvalue weighted by atomic mass is 9.94. The van der Waals surface area contributed by atoms with E-state index in [4.69, 9.17) is 4.74 Å². The highest BCUT2D eigenvalue weighted by Crippen LogP contribution is 2.38. The first kappa shape index (κ1) is 19.7. The van der Waals surface area contributed by atoms with Crippen LogP contribution in [0.5, 0.6) is 5.75 Å². The lowest BCUT2D eigenvalue weighted by Gasteiger charge is -2.30. The Bertz CT molecular complexity index is 950. The van der Waals surface area contributed by atoms with Crippen molar-refractivity contribution in [2.75, 3.05) is 7.11 Å². The number of carbonyl (C=O) groups excluding carboxylic acids is 1. The molecule has 0 radical (unpaired) electrons. The molecule has 0 unspecified atom stereocenters. The minimum absolute atomic E-state index is 0.0483. The Morgan fingerprint density at radius 3 is 2.52 bits per heavy atom. The van der Waals surface area contributed by atoms with Crippen LogP contribution in [0.2, 0.25) is 0 Å². The molecule has 0 bridgehead atoms. The molecule has 0 spiro atoms. The maximum Gasteiger partial charge on any atom is 0.267 e. The van der Waals surface area contributed by atoms with Gasteiger partial charge in [-0.15, -0.1) is 0 Å². The number of amidine groups is 1. The molecule has 4 nitrogen and oxygen atoms in total. The number of methoxy groups -OCH3 is 1. The predicted octanol–water partition coefficient (Wildman–Crippen LogP) is 5.77. The van der Waals surface area contributed by atoms with Gasteiger partial charge in [0.25, 0.3) is 5.91 Å². The summed E-state index contributed by atoms with van der Waals surface area (Å²) in [4.78, 5) is 20.2. The number of carbonyl (C=O) groups is 1. The summed E-state index contributed by atoms with van der Waals surface area (Å²) in [6, 6.07) is 14.1. The third-order valence-electron chi connectivity index (χ3n) is 5.26. The van der Waals surface area contributed by atoms with Crippen molar-refractivity contribution in [1.29, 1.82) is 0 Å². The van der Waals surface area contributed by atoms with Crippen molar-refractivity contribution < 1.29 is 13.9 Å². The van der Waals surface area contributed by atoms with E-state index in [0.717, 1.165) is 37.0 Å². The number of amides is 1. The summed E-state index contributed by atoms with van der Waals surface area (Å²) in [5.74, 6) is 0.334. The normalized spacial score (nSPS) is 20.6. The molecule has 2 fully saturated rings. The average Bonchev–Trinajstić information content (AvgIpc) is 3.05. The lowest BCUT2D eigenvalue weighted by Crippen LogP contribution is -2.40. The zero-order chi connectivity index (χ0) is 20.2. The Labute approximate surface area is 174 Å². The van der Waals surface area contributed by atoms with Crippen LogP contribution in [0.25, 0.3) is 6.08 Å². The van der Waals surface area contributed by atoms with Gasteiger partial charge in [0.05, 0.1) is 12.0 Å². The molecule has 1 aliphatic carbocycles. The molecule has 2 aliphatic rings. The number of hydrogen-bond acceptors (Lipinski definition) is 4. The van der Waals surface area contributed by atoms with Crippen molar-refractivity contribution in [2.24, 2.45) is 4.99 Å². The highest BCUT2D eigenvalue weighted by atomic mass is 32.2. The first-order valence-electron chi connectivity index (χ1n) is 9.86. The van der Waals surface area contributed by atoms with Gasteiger partial charge in [-0.05, 0) is 60.5 Å². The topological polar surface area (TPSA) is 41.9 Å². The van der Waals surface area contributed by atoms with Crippen molar-refractivity contribution in [2.45, 2.75) is 38.1 Å². The van der Waals surface area contributed by atoms with E-state index >= 15 is 0 Å². The van der Waals surface area contributed by atoms with Crippen LogP contribution >= 0.6 is 11.8 Å². The molecule has 0 aromatic heterocycles. The molecular formula is C23H23FN2O2S. The van der Waals surface area contributed by atoms with Crippen molar-refractivity contribution in [1.82, 2.24) is 4.90 Å². The molecule has 2 aromatic rings. The largest absolute Gasteiger partial charge is 0.497 e. The average molecular weight is 411 g/mol. The van der Waals surface area contributed by atoms with Crippen LogP contribution in [0.3, 0.4) is 0 Å². The second kappa shape index (κ2) is 8.82. The number of hydrogen-bond donors (Lipinski definition) is 0. The van der Waals surface area contributed by atoms with Gasteiger partial charge in [0.1, 0.15) is 17.3 Å². The van der Waals surface area contributed by atoms with Crippen LogP contribution in [0.4, 0.5) is 10.1 Å². The smallest absolute Gasteiger partial charge is 0.267 e. The molecule has 150 valence electrons. The molecule has 0 atom stereocenters. The highest BCUT2D eigenvalue weighted by molar-refractivity contribution is 8.18. The maximum absolute atomic E-state index is 14.2. The molecular weight excluding hydrogens is 387 g/mol. The monoisotopic (exact) mass is 410 g/mol. The molecule has 1 aliphatic heterocycles. The summed E-state index contributed by atoms with van der Waals surface area (Å²) in [6.45, 7) is 0. The predicted molar refractivity (Wildman–Crippen MR) is 116 cm³/mol. The number of ether oxygens (including phenoxy) is 1. The number of benzene rings is 2. The number of nitrogens with zero attached hydrogens (tertiary/aromatic N) is 2. The molecule has 1 heterocycles. The van der Waals surface area contributed by atoms with Crippen molar-refractivity contribution >= 4 is 34.6 Å². The van der Waals surface area contributed by atoms with E-state index in [-0.39, 0.29) is 23.5 Å². The second-order valence-corrected chi connectivity index (χ2v) is 8.21. The van der Waals surface area contributed by atoms with Crippen molar-refractivity contribution in [3.63, 3.8) is 0 Å². The van der Waals surface area contributed by atoms with Gasteiger partial charge in [0.15, 0.2) is 5.17 Å². The fourth-order valence-corrected chi connectivity index (χ4v) is 4.77. The molecule has 1 saturated heterocycles. The van der Waals surface area contributed by atoms with Crippen molar-refractivity contribution in [3.8, 4) is 5.75 Å². The molecule has 29 heavy (non-hydrogen) atoms. The van der Waals surface area contributed by atoms with Gasteiger partial charge in [0, 0.05) is 6.04 Å². The van der Waals surface area contributed by atoms with Crippen LogP contribution in [0.15, 0.2) is 58.4 Å². The minimum atomic E-state index is -0.385. The fraction of sp³-hybridized carbons (Fsp3) is 0.304. The van der Waals surface area contributed by atoms with E-state index < -0.39 is 0 Å². The lowest BCUT2D eigenvalue weighted by molar-refractivity contribution is -0.124. The van der Waals surface area contributed by atoms with Crippen LogP contribution in [-0.2, 0) is 4.79 Å². The Morgan fingerprint density at radius 2 is 1.83 bits per heavy atom. The van der Waals surface area contributed by atoms with E-state index in [1.165, 1.54) is 24.2 Å². The summed E-state index contributed by atoms with van der Waals surface area (Å²) in [5.41, 5.74) is 1.17. The molecule has 1 amide bonds. The van der Waals surface area contributed by atoms with Gasteiger partial charge in [-0.1, -0.05) is 43.5 Å². The first-order valence-corrected chi connectivity index (χ1v) is 10.7. The Kier molecular flexibility index (Phi) is 6.00. The van der Waals surface area contributed by atoms with Gasteiger partial charge in [-0.2, -0.15) is 0 Å². The Morgan fingerprint density at radius 1 is 1.10 bits per heavy atom. The maximum atomic E-state index is 14.2. The van der Waals surface area contributed by atoms with E-state index in [0.29, 0.717) is 10.1 Å². The van der Waals surface area contributed by atoms with Gasteiger partial charge in [-0.25, -0.2) is 9.38 Å². The van der Waals surface area contributed by atoms with Crippen molar-refractivity contribution in [3.05, 3.63) is 64.8 Å². The number of rotatable bonds is 4. The van der Waals surface area contributed by atoms with Gasteiger partial charge in [0.2, 0.25) is 0 Å². The third kappa shape index (κ3) is 4.37. The zero-order valence-electron chi connectivity index (χ0n) is 16.3. The SMILES string of the molecule is COc1ccc(/C=C2\SC(=Nc3ccccc3F)N(C3CCCCC3)C2=O)cc1. The summed E-state index contributed by atoms with van der Waals surface area (Å²) in [6.07, 6.45) is 7.18. The second-order valence-electron chi connectivity index (χ2n) is 7.20. The first-order chi connectivity index (χ1) is 14.2. The number of aliphatic imine (C=N–C) groups is 1. The molecule has 1 saturated carbocycles. The number of halogens is 1. The Balaban J connectivity index is 1.69. The molecule has 0 N–H and O–H groups in total. The summed E-state index contributed by atoms with van der Waals surface area (Å²) in [7, 11) is 1.62. The van der Waals surface area contributed by atoms with Gasteiger partial charge < -0.3 is 4.74 Å². The van der Waals surface area contributed by atoms with E-state index in [1.54, 1.807) is 30.2 Å². The number of para-hydroxylation sites is 1. The van der Waals surface area contributed by atoms with Crippen LogP contribution < -0.4 is 4.74 Å². The van der Waals surface area contributed by atoms with Gasteiger partial charge in [-0.3, -0.25) is 9.69 Å². The quantitative estimate of drug-likeness (QED) is 0.601. The summed E-state index contributed by atoms with van der Waals surface area (Å²) < 4.78 is 19.4. The fourth-order valence-electron chi connectivity index (χ4n) is 3.72. The highest BCUT2D eigenvalue weighted by Gasteiger charge is 2.38. The van der Waals surface area contributed by atoms with E-state index in [2.05, 4.69) is 4.99 Å². The molecule has 2 aromatic carbocycles. The number of thioether (sulfide) groups is 1. The standard InChI is InChI=1S/C23H23FN2O2S/c1-28-18-13-11-16(12-14-18)15-21-22(27)26(17-7-3-2-4-8-17)23(29-21)25-20-10-6-5-9-19(20)24/h5-6,9-15,17H,2-4,7-8H2,1H3/b21-15-,25-23?. The van der Waals surface area contributed by atoms with E-state index in [1.807, 2.05) is 30.3 Å².